The molecule has 0 atom stereocenters. The zero-order chi connectivity index (χ0) is 20.1. The van der Waals surface area contributed by atoms with Crippen LogP contribution in [0.3, 0.4) is 0 Å². The Hall–Kier alpha value is -2.94. The number of aromatic nitrogens is 1. The second kappa shape index (κ2) is 8.39. The number of para-hydroxylation sites is 2. The summed E-state index contributed by atoms with van der Waals surface area (Å²) in [5, 5.41) is 4.77. The average Bonchev–Trinajstić information content (AvgIpc) is 3.08. The summed E-state index contributed by atoms with van der Waals surface area (Å²) in [5.74, 6) is -0.923. The normalized spacial score (nSPS) is 11.3. The van der Waals surface area contributed by atoms with Crippen molar-refractivity contribution < 1.29 is 27.1 Å². The van der Waals surface area contributed by atoms with Crippen molar-refractivity contribution in [2.45, 2.75) is 12.6 Å². The van der Waals surface area contributed by atoms with E-state index in [-0.39, 0.29) is 23.7 Å². The van der Waals surface area contributed by atoms with Crippen LogP contribution in [0.1, 0.15) is 5.69 Å². The molecule has 3 aromatic rings. The van der Waals surface area contributed by atoms with Crippen molar-refractivity contribution in [2.75, 3.05) is 11.9 Å². The second-order valence-electron chi connectivity index (χ2n) is 5.78. The van der Waals surface area contributed by atoms with Gasteiger partial charge in [0.1, 0.15) is 16.6 Å². The van der Waals surface area contributed by atoms with Crippen molar-refractivity contribution in [1.82, 2.24) is 4.98 Å². The van der Waals surface area contributed by atoms with Gasteiger partial charge in [-0.1, -0.05) is 24.3 Å². The first-order valence-electron chi connectivity index (χ1n) is 8.09. The van der Waals surface area contributed by atoms with E-state index >= 15 is 0 Å². The van der Waals surface area contributed by atoms with Gasteiger partial charge in [-0.15, -0.1) is 11.3 Å². The molecule has 0 unspecified atom stereocenters. The first kappa shape index (κ1) is 19.8. The van der Waals surface area contributed by atoms with Crippen LogP contribution in [0.4, 0.5) is 23.2 Å². The van der Waals surface area contributed by atoms with Gasteiger partial charge in [-0.3, -0.25) is 4.79 Å². The van der Waals surface area contributed by atoms with Gasteiger partial charge in [0.05, 0.1) is 17.8 Å². The largest absolute Gasteiger partial charge is 0.482 e. The number of carbonyl (C=O) groups excluding carboxylic acids is 1. The number of halogens is 4. The standard InChI is InChI=1S/C19H14F4N2O2S/c20-13-5-3-4-12(8-13)18-24-14(10-28-18)9-17(26)25-15-6-1-2-7-16(15)27-11-19(21,22)23/h1-8,10H,9,11H2,(H,25,26). The predicted molar refractivity (Wildman–Crippen MR) is 97.8 cm³/mol. The Morgan fingerprint density at radius 1 is 1.14 bits per heavy atom. The van der Waals surface area contributed by atoms with Crippen LogP contribution in [-0.4, -0.2) is 23.7 Å². The molecule has 0 spiro atoms. The van der Waals surface area contributed by atoms with Crippen LogP contribution in [0.2, 0.25) is 0 Å². The molecule has 1 aromatic heterocycles. The number of anilines is 1. The van der Waals surface area contributed by atoms with Crippen molar-refractivity contribution >= 4 is 22.9 Å². The van der Waals surface area contributed by atoms with Gasteiger partial charge >= 0.3 is 6.18 Å². The molecule has 28 heavy (non-hydrogen) atoms. The van der Waals surface area contributed by atoms with Crippen molar-refractivity contribution in [2.24, 2.45) is 0 Å². The van der Waals surface area contributed by atoms with Gasteiger partial charge < -0.3 is 10.1 Å². The number of amides is 1. The lowest BCUT2D eigenvalue weighted by Crippen LogP contribution is -2.20. The van der Waals surface area contributed by atoms with E-state index in [0.717, 1.165) is 0 Å². The summed E-state index contributed by atoms with van der Waals surface area (Å²) in [6.45, 7) is -1.46. The lowest BCUT2D eigenvalue weighted by molar-refractivity contribution is -0.153. The molecule has 0 aliphatic carbocycles. The van der Waals surface area contributed by atoms with Crippen LogP contribution in [0.25, 0.3) is 10.6 Å². The minimum absolute atomic E-state index is 0.0769. The first-order chi connectivity index (χ1) is 13.3. The molecule has 0 bridgehead atoms. The second-order valence-corrected chi connectivity index (χ2v) is 6.64. The van der Waals surface area contributed by atoms with Gasteiger partial charge in [0.15, 0.2) is 6.61 Å². The van der Waals surface area contributed by atoms with Gasteiger partial charge in [0.25, 0.3) is 0 Å². The summed E-state index contributed by atoms with van der Waals surface area (Å²) in [6.07, 6.45) is -4.57. The maximum absolute atomic E-state index is 13.3. The molecule has 0 saturated carbocycles. The molecule has 0 aliphatic rings. The Bertz CT molecular complexity index is 972. The Balaban J connectivity index is 1.65. The number of carbonyl (C=O) groups is 1. The number of rotatable bonds is 6. The number of benzene rings is 2. The lowest BCUT2D eigenvalue weighted by atomic mass is 10.2. The number of alkyl halides is 3. The van der Waals surface area contributed by atoms with Crippen molar-refractivity contribution in [3.63, 3.8) is 0 Å². The van der Waals surface area contributed by atoms with Crippen molar-refractivity contribution in [3.8, 4) is 16.3 Å². The highest BCUT2D eigenvalue weighted by Crippen LogP contribution is 2.27. The number of thiazole rings is 1. The van der Waals surface area contributed by atoms with Crippen LogP contribution in [0.5, 0.6) is 5.75 Å². The quantitative estimate of drug-likeness (QED) is 0.577. The predicted octanol–water partition coefficient (Wildman–Crippen LogP) is 5.07. The van der Waals surface area contributed by atoms with Crippen LogP contribution in [-0.2, 0) is 11.2 Å². The summed E-state index contributed by atoms with van der Waals surface area (Å²) in [6, 6.07) is 11.8. The molecular weight excluding hydrogens is 396 g/mol. The molecule has 1 amide bonds. The van der Waals surface area contributed by atoms with Gasteiger partial charge in [-0.2, -0.15) is 13.2 Å². The smallest absolute Gasteiger partial charge is 0.422 e. The Morgan fingerprint density at radius 2 is 1.93 bits per heavy atom. The molecule has 1 heterocycles. The number of nitrogens with one attached hydrogen (secondary N) is 1. The molecule has 1 N–H and O–H groups in total. The molecule has 0 radical (unpaired) electrons. The third-order valence-electron chi connectivity index (χ3n) is 3.52. The van der Waals surface area contributed by atoms with Gasteiger partial charge in [-0.05, 0) is 24.3 Å². The summed E-state index contributed by atoms with van der Waals surface area (Å²) in [5.41, 5.74) is 1.20. The van der Waals surface area contributed by atoms with Crippen LogP contribution in [0.15, 0.2) is 53.9 Å². The van der Waals surface area contributed by atoms with E-state index in [4.69, 9.17) is 4.74 Å². The summed E-state index contributed by atoms with van der Waals surface area (Å²) in [4.78, 5) is 16.6. The highest BCUT2D eigenvalue weighted by Gasteiger charge is 2.28. The maximum Gasteiger partial charge on any atom is 0.422 e. The summed E-state index contributed by atoms with van der Waals surface area (Å²) < 4.78 is 55.1. The molecule has 0 fully saturated rings. The SMILES string of the molecule is O=C(Cc1csc(-c2cccc(F)c2)n1)Nc1ccccc1OCC(F)(F)F. The van der Waals surface area contributed by atoms with E-state index in [1.165, 1.54) is 41.7 Å². The van der Waals surface area contributed by atoms with Crippen LogP contribution >= 0.6 is 11.3 Å². The van der Waals surface area contributed by atoms with E-state index < -0.39 is 18.7 Å². The molecule has 3 rings (SSSR count). The monoisotopic (exact) mass is 410 g/mol. The third-order valence-corrected chi connectivity index (χ3v) is 4.46. The number of nitrogens with zero attached hydrogens (tertiary/aromatic N) is 1. The van der Waals surface area contributed by atoms with E-state index in [0.29, 0.717) is 16.3 Å². The highest BCUT2D eigenvalue weighted by atomic mass is 32.1. The fourth-order valence-electron chi connectivity index (χ4n) is 2.36. The van der Waals surface area contributed by atoms with E-state index in [1.54, 1.807) is 23.6 Å². The highest BCUT2D eigenvalue weighted by molar-refractivity contribution is 7.13. The number of ether oxygens (including phenoxy) is 1. The minimum atomic E-state index is -4.48. The first-order valence-corrected chi connectivity index (χ1v) is 8.97. The lowest BCUT2D eigenvalue weighted by Gasteiger charge is -2.13. The topological polar surface area (TPSA) is 51.2 Å². The number of hydrogen-bond donors (Lipinski definition) is 1. The fraction of sp³-hybridized carbons (Fsp3) is 0.158. The Labute approximate surface area is 161 Å². The molecular formula is C19H14F4N2O2S. The summed E-state index contributed by atoms with van der Waals surface area (Å²) >= 11 is 1.27. The van der Waals surface area contributed by atoms with E-state index in [9.17, 15) is 22.4 Å². The molecule has 2 aromatic carbocycles. The zero-order valence-corrected chi connectivity index (χ0v) is 15.1. The van der Waals surface area contributed by atoms with E-state index in [2.05, 4.69) is 10.3 Å². The van der Waals surface area contributed by atoms with Crippen LogP contribution in [0, 0.1) is 5.82 Å². The fourth-order valence-corrected chi connectivity index (χ4v) is 3.17. The molecule has 146 valence electrons. The molecule has 0 aliphatic heterocycles. The summed E-state index contributed by atoms with van der Waals surface area (Å²) in [7, 11) is 0. The molecule has 9 heteroatoms. The third kappa shape index (κ3) is 5.53. The minimum Gasteiger partial charge on any atom is -0.482 e. The molecule has 4 nitrogen and oxygen atoms in total. The zero-order valence-electron chi connectivity index (χ0n) is 14.3. The number of hydrogen-bond acceptors (Lipinski definition) is 4. The van der Waals surface area contributed by atoms with Gasteiger partial charge in [-0.25, -0.2) is 9.37 Å². The van der Waals surface area contributed by atoms with Crippen LogP contribution < -0.4 is 10.1 Å². The van der Waals surface area contributed by atoms with Gasteiger partial charge in [0.2, 0.25) is 5.91 Å². The van der Waals surface area contributed by atoms with E-state index in [1.807, 2.05) is 0 Å². The maximum atomic E-state index is 13.3. The van der Waals surface area contributed by atoms with Crippen molar-refractivity contribution in [1.29, 1.82) is 0 Å². The Morgan fingerprint density at radius 3 is 2.68 bits per heavy atom. The Kier molecular flexibility index (Phi) is 5.93. The molecule has 0 saturated heterocycles. The van der Waals surface area contributed by atoms with Crippen molar-refractivity contribution in [3.05, 3.63) is 65.4 Å². The average molecular weight is 410 g/mol. The van der Waals surface area contributed by atoms with Gasteiger partial charge in [0, 0.05) is 10.9 Å².